The second kappa shape index (κ2) is 10.9. The minimum Gasteiger partial charge on any atom is -0.481 e. The van der Waals surface area contributed by atoms with Crippen molar-refractivity contribution in [3.05, 3.63) is 23.3 Å². The van der Waals surface area contributed by atoms with Crippen LogP contribution in [0.25, 0.3) is 0 Å². The Bertz CT molecular complexity index is 556. The summed E-state index contributed by atoms with van der Waals surface area (Å²) in [5.74, 6) is -8.81. The molecule has 0 amide bonds. The highest BCUT2D eigenvalue weighted by molar-refractivity contribution is 5.98. The van der Waals surface area contributed by atoms with Gasteiger partial charge in [-0.2, -0.15) is 0 Å². The van der Waals surface area contributed by atoms with Crippen molar-refractivity contribution in [1.29, 1.82) is 0 Å². The highest BCUT2D eigenvalue weighted by Gasteiger charge is 2.13. The summed E-state index contributed by atoms with van der Waals surface area (Å²) in [7, 11) is 0. The van der Waals surface area contributed by atoms with Gasteiger partial charge in [0.15, 0.2) is 0 Å². The van der Waals surface area contributed by atoms with Gasteiger partial charge in [-0.1, -0.05) is 0 Å². The van der Waals surface area contributed by atoms with Gasteiger partial charge < -0.3 is 30.6 Å². The van der Waals surface area contributed by atoms with Gasteiger partial charge in [0.05, 0.1) is 24.0 Å². The molecule has 0 rings (SSSR count). The van der Waals surface area contributed by atoms with Gasteiger partial charge in [0.1, 0.15) is 0 Å². The van der Waals surface area contributed by atoms with Gasteiger partial charge in [-0.05, 0) is 0 Å². The fraction of sp³-hybridized carbons (Fsp3) is 0.167. The molecule has 0 spiro atoms. The SMILES string of the molecule is O=C(O)/C=C(/CC(=O)O)C(=O)O.O=C(O)/C=C(\CC(=O)O)C(=O)O. The number of carbonyl (C=O) groups is 6. The van der Waals surface area contributed by atoms with Gasteiger partial charge in [-0.15, -0.1) is 0 Å². The summed E-state index contributed by atoms with van der Waals surface area (Å²) in [4.78, 5) is 60.3. The molecule has 0 aromatic heterocycles. The Balaban J connectivity index is 0. The van der Waals surface area contributed by atoms with E-state index in [0.717, 1.165) is 0 Å². The van der Waals surface area contributed by atoms with E-state index in [0.29, 0.717) is 12.2 Å². The first-order valence-corrected chi connectivity index (χ1v) is 5.64. The Hall–Kier alpha value is -3.70. The Morgan fingerprint density at radius 3 is 0.917 bits per heavy atom. The molecule has 0 unspecified atom stereocenters. The molecule has 24 heavy (non-hydrogen) atoms. The predicted molar refractivity (Wildman–Crippen MR) is 71.2 cm³/mol. The van der Waals surface area contributed by atoms with Crippen LogP contribution in [0.15, 0.2) is 23.3 Å². The van der Waals surface area contributed by atoms with E-state index < -0.39 is 59.8 Å². The average Bonchev–Trinajstić information content (AvgIpc) is 2.35. The van der Waals surface area contributed by atoms with Crippen molar-refractivity contribution in [2.75, 3.05) is 0 Å². The van der Waals surface area contributed by atoms with Gasteiger partial charge in [-0.3, -0.25) is 9.59 Å². The van der Waals surface area contributed by atoms with Crippen molar-refractivity contribution < 1.29 is 59.4 Å². The van der Waals surface area contributed by atoms with Crippen molar-refractivity contribution in [1.82, 2.24) is 0 Å². The van der Waals surface area contributed by atoms with Crippen LogP contribution in [0, 0.1) is 0 Å². The molecule has 0 saturated carbocycles. The smallest absolute Gasteiger partial charge is 0.332 e. The zero-order valence-corrected chi connectivity index (χ0v) is 11.7. The van der Waals surface area contributed by atoms with E-state index in [1.54, 1.807) is 0 Å². The van der Waals surface area contributed by atoms with Crippen molar-refractivity contribution in [3.63, 3.8) is 0 Å². The lowest BCUT2D eigenvalue weighted by atomic mass is 10.2. The highest BCUT2D eigenvalue weighted by Crippen LogP contribution is 2.01. The van der Waals surface area contributed by atoms with E-state index in [2.05, 4.69) is 0 Å². The summed E-state index contributed by atoms with van der Waals surface area (Å²) in [6.45, 7) is 0. The van der Waals surface area contributed by atoms with E-state index >= 15 is 0 Å². The van der Waals surface area contributed by atoms with Gasteiger partial charge in [-0.25, -0.2) is 19.2 Å². The number of hydrogen-bond donors (Lipinski definition) is 6. The van der Waals surface area contributed by atoms with Gasteiger partial charge in [0.25, 0.3) is 0 Å². The Morgan fingerprint density at radius 1 is 0.542 bits per heavy atom. The zero-order valence-electron chi connectivity index (χ0n) is 11.7. The molecule has 0 heterocycles. The standard InChI is InChI=1S/2C6H6O6/c2*7-4(8)1-3(6(11)12)2-5(9)10/h2*1H,2H2,(H,7,8)(H,9,10)(H,11,12)/b3-1+;3-1-. The molecule has 0 saturated heterocycles. The predicted octanol–water partition coefficient (Wildman–Crippen LogP) is -0.887. The van der Waals surface area contributed by atoms with E-state index in [4.69, 9.17) is 30.6 Å². The lowest BCUT2D eigenvalue weighted by Gasteiger charge is -1.94. The molecule has 0 bridgehead atoms. The van der Waals surface area contributed by atoms with E-state index in [1.165, 1.54) is 0 Å². The fourth-order valence-electron chi connectivity index (χ4n) is 1.00. The molecule has 132 valence electrons. The van der Waals surface area contributed by atoms with Crippen molar-refractivity contribution in [2.45, 2.75) is 12.8 Å². The summed E-state index contributed by atoms with van der Waals surface area (Å²) in [6.07, 6.45) is -0.893. The molecule has 12 nitrogen and oxygen atoms in total. The van der Waals surface area contributed by atoms with Gasteiger partial charge in [0, 0.05) is 12.2 Å². The molecule has 12 heteroatoms. The molecular weight excluding hydrogens is 336 g/mol. The summed E-state index contributed by atoms with van der Waals surface area (Å²) < 4.78 is 0. The Morgan fingerprint density at radius 2 is 0.792 bits per heavy atom. The second-order valence-corrected chi connectivity index (χ2v) is 3.77. The highest BCUT2D eigenvalue weighted by atomic mass is 16.4. The largest absolute Gasteiger partial charge is 0.481 e. The van der Waals surface area contributed by atoms with Crippen LogP contribution < -0.4 is 0 Å². The molecule has 0 aliphatic heterocycles. The molecule has 0 atom stereocenters. The van der Waals surface area contributed by atoms with Crippen molar-refractivity contribution in [3.8, 4) is 0 Å². The maximum atomic E-state index is 10.2. The van der Waals surface area contributed by atoms with Crippen molar-refractivity contribution in [2.24, 2.45) is 0 Å². The maximum absolute atomic E-state index is 10.2. The summed E-state index contributed by atoms with van der Waals surface area (Å²) >= 11 is 0. The molecule has 0 aliphatic carbocycles. The monoisotopic (exact) mass is 348 g/mol. The molecule has 0 radical (unpaired) electrons. The lowest BCUT2D eigenvalue weighted by Crippen LogP contribution is -2.08. The number of aliphatic carboxylic acids is 6. The fourth-order valence-corrected chi connectivity index (χ4v) is 1.00. The van der Waals surface area contributed by atoms with Crippen molar-refractivity contribution >= 4 is 35.8 Å². The third kappa shape index (κ3) is 13.3. The minimum absolute atomic E-state index is 0.358. The first-order valence-electron chi connectivity index (χ1n) is 5.64. The normalized spacial score (nSPS) is 10.8. The van der Waals surface area contributed by atoms with Crippen LogP contribution in [0.1, 0.15) is 12.8 Å². The molecule has 0 aromatic carbocycles. The van der Waals surface area contributed by atoms with Gasteiger partial charge >= 0.3 is 35.8 Å². The third-order valence-electron chi connectivity index (χ3n) is 1.83. The number of carboxylic acid groups (broad SMARTS) is 6. The van der Waals surface area contributed by atoms with Crippen LogP contribution in [0.2, 0.25) is 0 Å². The van der Waals surface area contributed by atoms with Gasteiger partial charge in [0.2, 0.25) is 0 Å². The number of carboxylic acids is 6. The second-order valence-electron chi connectivity index (χ2n) is 3.77. The molecular formula is C12H12O12. The topological polar surface area (TPSA) is 224 Å². The third-order valence-corrected chi connectivity index (χ3v) is 1.83. The van der Waals surface area contributed by atoms with Crippen LogP contribution in [0.4, 0.5) is 0 Å². The Kier molecular flexibility index (Phi) is 10.3. The van der Waals surface area contributed by atoms with Crippen LogP contribution in [-0.2, 0) is 28.8 Å². The van der Waals surface area contributed by atoms with Crippen LogP contribution in [0.5, 0.6) is 0 Å². The molecule has 0 fully saturated rings. The molecule has 0 aliphatic rings. The quantitative estimate of drug-likeness (QED) is 0.294. The zero-order chi connectivity index (χ0) is 19.4. The van der Waals surface area contributed by atoms with E-state index in [-0.39, 0.29) is 0 Å². The van der Waals surface area contributed by atoms with E-state index in [9.17, 15) is 28.8 Å². The molecule has 6 N–H and O–H groups in total. The number of rotatable bonds is 8. The minimum atomic E-state index is -1.54. The lowest BCUT2D eigenvalue weighted by molar-refractivity contribution is -0.140. The first-order chi connectivity index (χ1) is 10.9. The Labute approximate surface area is 132 Å². The summed E-state index contributed by atoms with van der Waals surface area (Å²) in [5.41, 5.74) is -1.31. The van der Waals surface area contributed by atoms with Crippen LogP contribution >= 0.6 is 0 Å². The maximum Gasteiger partial charge on any atom is 0.332 e. The van der Waals surface area contributed by atoms with Crippen LogP contribution in [-0.4, -0.2) is 66.5 Å². The summed E-state index contributed by atoms with van der Waals surface area (Å²) in [5, 5.41) is 49.1. The number of hydrogen-bond acceptors (Lipinski definition) is 6. The summed E-state index contributed by atoms with van der Waals surface area (Å²) in [6, 6.07) is 0. The van der Waals surface area contributed by atoms with E-state index in [1.807, 2.05) is 0 Å². The first kappa shape index (κ1) is 22.6. The van der Waals surface area contributed by atoms with Crippen LogP contribution in [0.3, 0.4) is 0 Å². The average molecular weight is 348 g/mol. The molecule has 0 aromatic rings.